The monoisotopic (exact) mass is 440 g/mol. The summed E-state index contributed by atoms with van der Waals surface area (Å²) >= 11 is 0. The van der Waals surface area contributed by atoms with Gasteiger partial charge in [0.1, 0.15) is 0 Å². The van der Waals surface area contributed by atoms with Gasteiger partial charge in [0.25, 0.3) is 0 Å². The van der Waals surface area contributed by atoms with Crippen LogP contribution in [0.15, 0.2) is 4.99 Å². The summed E-state index contributed by atoms with van der Waals surface area (Å²) in [5.41, 5.74) is 0. The number of hydrogen-bond acceptors (Lipinski definition) is 3. The van der Waals surface area contributed by atoms with Gasteiger partial charge in [-0.1, -0.05) is 20.8 Å². The fourth-order valence-corrected chi connectivity index (χ4v) is 2.33. The van der Waals surface area contributed by atoms with E-state index >= 15 is 0 Å². The van der Waals surface area contributed by atoms with Crippen LogP contribution in [0.3, 0.4) is 0 Å². The predicted molar refractivity (Wildman–Crippen MR) is 110 cm³/mol. The molecule has 0 bridgehead atoms. The molecule has 0 spiro atoms. The Morgan fingerprint density at radius 2 is 1.96 bits per heavy atom. The van der Waals surface area contributed by atoms with E-state index in [4.69, 9.17) is 4.74 Å². The second-order valence-electron chi connectivity index (χ2n) is 6.34. The summed E-state index contributed by atoms with van der Waals surface area (Å²) in [4.78, 5) is 7.18. The van der Waals surface area contributed by atoms with Gasteiger partial charge in [0.15, 0.2) is 5.96 Å². The van der Waals surface area contributed by atoms with Crippen LogP contribution in [0, 0.1) is 5.92 Å². The number of halogens is 1. The molecule has 6 heteroatoms. The van der Waals surface area contributed by atoms with Crippen LogP contribution in [0.1, 0.15) is 47.0 Å². The molecule has 0 radical (unpaired) electrons. The van der Waals surface area contributed by atoms with E-state index < -0.39 is 0 Å². The normalized spacial score (nSPS) is 15.0. The van der Waals surface area contributed by atoms with Crippen molar-refractivity contribution in [3.8, 4) is 0 Å². The Morgan fingerprint density at radius 1 is 1.22 bits per heavy atom. The third-order valence-electron chi connectivity index (χ3n) is 3.85. The smallest absolute Gasteiger partial charge is 0.191 e. The van der Waals surface area contributed by atoms with Crippen LogP contribution in [0.4, 0.5) is 0 Å². The second kappa shape index (κ2) is 14.3. The van der Waals surface area contributed by atoms with E-state index in [2.05, 4.69) is 48.2 Å². The lowest BCUT2D eigenvalue weighted by Crippen LogP contribution is -2.39. The van der Waals surface area contributed by atoms with Crippen molar-refractivity contribution in [3.05, 3.63) is 0 Å². The molecule has 1 aliphatic rings. The molecule has 0 atom stereocenters. The molecule has 5 nitrogen and oxygen atoms in total. The van der Waals surface area contributed by atoms with Gasteiger partial charge < -0.3 is 15.4 Å². The molecule has 0 aliphatic heterocycles. The van der Waals surface area contributed by atoms with E-state index in [1.807, 2.05) is 0 Å². The van der Waals surface area contributed by atoms with Crippen molar-refractivity contribution in [2.45, 2.75) is 53.0 Å². The fourth-order valence-electron chi connectivity index (χ4n) is 2.33. The van der Waals surface area contributed by atoms with Crippen LogP contribution in [0.5, 0.6) is 0 Å². The average molecular weight is 440 g/mol. The maximum absolute atomic E-state index is 5.62. The lowest BCUT2D eigenvalue weighted by Gasteiger charge is -2.19. The molecule has 0 amide bonds. The molecule has 2 N–H and O–H groups in total. The second-order valence-corrected chi connectivity index (χ2v) is 6.34. The number of ether oxygens (including phenoxy) is 1. The number of nitrogens with one attached hydrogen (secondary N) is 2. The Kier molecular flexibility index (Phi) is 14.2. The summed E-state index contributed by atoms with van der Waals surface area (Å²) in [6, 6.07) is 0.824. The summed E-state index contributed by atoms with van der Waals surface area (Å²) in [5, 5.41) is 6.63. The highest BCUT2D eigenvalue weighted by Gasteiger charge is 2.27. The van der Waals surface area contributed by atoms with Crippen LogP contribution in [0.25, 0.3) is 0 Å². The van der Waals surface area contributed by atoms with Gasteiger partial charge in [0.2, 0.25) is 0 Å². The zero-order chi connectivity index (χ0) is 16.2. The Hall–Kier alpha value is -0.0800. The quantitative estimate of drug-likeness (QED) is 0.212. The van der Waals surface area contributed by atoms with E-state index in [-0.39, 0.29) is 24.0 Å². The Morgan fingerprint density at radius 3 is 2.52 bits per heavy atom. The molecule has 0 aromatic rings. The number of nitrogens with zero attached hydrogens (tertiary/aromatic N) is 2. The molecule has 138 valence electrons. The molecule has 0 heterocycles. The minimum atomic E-state index is 0. The largest absolute Gasteiger partial charge is 0.380 e. The molecule has 0 unspecified atom stereocenters. The summed E-state index contributed by atoms with van der Waals surface area (Å²) < 4.78 is 5.62. The molecule has 0 aromatic carbocycles. The number of guanidine groups is 1. The lowest BCUT2D eigenvalue weighted by molar-refractivity contribution is 0.128. The third-order valence-corrected chi connectivity index (χ3v) is 3.85. The van der Waals surface area contributed by atoms with Crippen molar-refractivity contribution in [2.75, 3.05) is 45.9 Å². The molecule has 1 saturated carbocycles. The number of aliphatic imine (C=N–C) groups is 1. The van der Waals surface area contributed by atoms with Crippen molar-refractivity contribution < 1.29 is 4.74 Å². The zero-order valence-corrected chi connectivity index (χ0v) is 17.8. The summed E-state index contributed by atoms with van der Waals surface area (Å²) in [7, 11) is 0. The summed E-state index contributed by atoms with van der Waals surface area (Å²) in [5.74, 6) is 1.61. The van der Waals surface area contributed by atoms with Gasteiger partial charge in [-0.05, 0) is 38.6 Å². The van der Waals surface area contributed by atoms with E-state index in [0.29, 0.717) is 5.92 Å². The highest BCUT2D eigenvalue weighted by molar-refractivity contribution is 14.0. The van der Waals surface area contributed by atoms with Gasteiger partial charge in [-0.3, -0.25) is 9.89 Å². The van der Waals surface area contributed by atoms with Gasteiger partial charge in [0.05, 0.1) is 13.2 Å². The Balaban J connectivity index is 0.00000484. The number of likely N-dealkylation sites (N-methyl/N-ethyl adjacent to an activating group) is 1. The van der Waals surface area contributed by atoms with E-state index in [1.165, 1.54) is 12.8 Å². The first-order valence-electron chi connectivity index (χ1n) is 9.01. The van der Waals surface area contributed by atoms with Crippen molar-refractivity contribution in [3.63, 3.8) is 0 Å². The van der Waals surface area contributed by atoms with E-state index in [9.17, 15) is 0 Å². The SMILES string of the molecule is CCNC(=NCCN(CC)C1CC1)NCCOCCC(C)C.I. The van der Waals surface area contributed by atoms with Crippen molar-refractivity contribution >= 4 is 29.9 Å². The van der Waals surface area contributed by atoms with Crippen LogP contribution in [-0.2, 0) is 4.74 Å². The summed E-state index contributed by atoms with van der Waals surface area (Å²) in [6.45, 7) is 15.1. The Labute approximate surface area is 160 Å². The molecule has 1 aliphatic carbocycles. The van der Waals surface area contributed by atoms with Gasteiger partial charge in [-0.2, -0.15) is 0 Å². The van der Waals surface area contributed by atoms with Gasteiger partial charge in [-0.15, -0.1) is 24.0 Å². The Bertz CT molecular complexity index is 309. The minimum absolute atomic E-state index is 0. The molecule has 23 heavy (non-hydrogen) atoms. The van der Waals surface area contributed by atoms with Crippen LogP contribution >= 0.6 is 24.0 Å². The maximum Gasteiger partial charge on any atom is 0.191 e. The molecular formula is C17H37IN4O. The van der Waals surface area contributed by atoms with Crippen molar-refractivity contribution in [1.82, 2.24) is 15.5 Å². The predicted octanol–water partition coefficient (Wildman–Crippen LogP) is 2.71. The first-order chi connectivity index (χ1) is 10.7. The lowest BCUT2D eigenvalue weighted by atomic mass is 10.1. The average Bonchev–Trinajstić information content (AvgIpc) is 3.31. The minimum Gasteiger partial charge on any atom is -0.380 e. The molecular weight excluding hydrogens is 403 g/mol. The van der Waals surface area contributed by atoms with Gasteiger partial charge in [-0.25, -0.2) is 0 Å². The topological polar surface area (TPSA) is 48.9 Å². The fraction of sp³-hybridized carbons (Fsp3) is 0.941. The van der Waals surface area contributed by atoms with Crippen molar-refractivity contribution in [2.24, 2.45) is 10.9 Å². The molecule has 1 rings (SSSR count). The van der Waals surface area contributed by atoms with Crippen LogP contribution in [-0.4, -0.2) is 62.8 Å². The number of rotatable bonds is 12. The first kappa shape index (κ1) is 22.9. The highest BCUT2D eigenvalue weighted by atomic mass is 127. The standard InChI is InChI=1S/C17H36N4O.HI/c1-5-18-17(20-11-14-22-13-9-15(3)4)19-10-12-21(6-2)16-7-8-16;/h15-16H,5-14H2,1-4H3,(H2,18,19,20);1H. The van der Waals surface area contributed by atoms with Crippen LogP contribution in [0.2, 0.25) is 0 Å². The van der Waals surface area contributed by atoms with E-state index in [0.717, 1.165) is 64.4 Å². The molecule has 0 saturated heterocycles. The van der Waals surface area contributed by atoms with Crippen LogP contribution < -0.4 is 10.6 Å². The number of hydrogen-bond donors (Lipinski definition) is 2. The molecule has 1 fully saturated rings. The summed E-state index contributed by atoms with van der Waals surface area (Å²) in [6.07, 6.45) is 3.86. The third kappa shape index (κ3) is 12.0. The van der Waals surface area contributed by atoms with E-state index in [1.54, 1.807) is 0 Å². The zero-order valence-electron chi connectivity index (χ0n) is 15.4. The van der Waals surface area contributed by atoms with Gasteiger partial charge in [0, 0.05) is 32.3 Å². The van der Waals surface area contributed by atoms with Crippen molar-refractivity contribution in [1.29, 1.82) is 0 Å². The maximum atomic E-state index is 5.62. The molecule has 0 aromatic heterocycles. The highest BCUT2D eigenvalue weighted by Crippen LogP contribution is 2.25. The van der Waals surface area contributed by atoms with Gasteiger partial charge >= 0.3 is 0 Å². The first-order valence-corrected chi connectivity index (χ1v) is 9.01.